The highest BCUT2D eigenvalue weighted by molar-refractivity contribution is 7.99. The molecule has 2 amide bonds. The summed E-state index contributed by atoms with van der Waals surface area (Å²) in [6.07, 6.45) is 5.07. The smallest absolute Gasteiger partial charge is 0.327 e. The van der Waals surface area contributed by atoms with Crippen molar-refractivity contribution in [2.75, 3.05) is 18.1 Å². The number of hydrogen-bond donors (Lipinski definition) is 2. The van der Waals surface area contributed by atoms with Crippen LogP contribution in [0, 0.1) is 12.3 Å². The number of rotatable bonds is 3. The fraction of sp³-hybridized carbons (Fsp3) is 0.636. The van der Waals surface area contributed by atoms with Gasteiger partial charge in [-0.1, -0.05) is 0 Å². The van der Waals surface area contributed by atoms with Gasteiger partial charge in [0.15, 0.2) is 0 Å². The highest BCUT2D eigenvalue weighted by atomic mass is 32.2. The normalized spacial score (nSPS) is 21.4. The molecule has 0 aromatic carbocycles. The molecule has 1 heterocycles. The molecule has 0 aromatic heterocycles. The predicted molar refractivity (Wildman–Crippen MR) is 66.9 cm³/mol. The molecule has 6 heteroatoms. The number of urea groups is 1. The summed E-state index contributed by atoms with van der Waals surface area (Å²) in [5.74, 6) is 2.90. The Bertz CT molecular complexity index is 340. The lowest BCUT2D eigenvalue weighted by Gasteiger charge is -2.33. The number of terminal acetylenes is 1. The Kier molecular flexibility index (Phi) is 5.16. The molecule has 0 aromatic rings. The average Bonchev–Trinajstić information content (AvgIpc) is 2.28. The van der Waals surface area contributed by atoms with Crippen molar-refractivity contribution in [1.29, 1.82) is 0 Å². The van der Waals surface area contributed by atoms with Gasteiger partial charge in [-0.15, -0.1) is 12.3 Å². The fourth-order valence-corrected chi connectivity index (χ4v) is 2.59. The van der Waals surface area contributed by atoms with Crippen LogP contribution in [-0.2, 0) is 4.79 Å². The Morgan fingerprint density at radius 3 is 2.94 bits per heavy atom. The molecule has 2 unspecified atom stereocenters. The van der Waals surface area contributed by atoms with Crippen LogP contribution in [0.4, 0.5) is 4.79 Å². The van der Waals surface area contributed by atoms with Crippen LogP contribution in [0.3, 0.4) is 0 Å². The molecule has 2 atom stereocenters. The summed E-state index contributed by atoms with van der Waals surface area (Å²) in [4.78, 5) is 24.4. The summed E-state index contributed by atoms with van der Waals surface area (Å²) in [5.41, 5.74) is 0. The number of carbonyl (C=O) groups is 2. The van der Waals surface area contributed by atoms with Crippen LogP contribution < -0.4 is 5.32 Å². The average molecular weight is 256 g/mol. The number of nitrogens with one attached hydrogen (secondary N) is 1. The van der Waals surface area contributed by atoms with E-state index in [-0.39, 0.29) is 18.5 Å². The Hall–Kier alpha value is -1.35. The minimum absolute atomic E-state index is 0.00194. The lowest BCUT2D eigenvalue weighted by molar-refractivity contribution is -0.139. The van der Waals surface area contributed by atoms with Gasteiger partial charge in [0.2, 0.25) is 0 Å². The number of aliphatic carboxylic acids is 1. The van der Waals surface area contributed by atoms with E-state index in [0.29, 0.717) is 6.54 Å². The van der Waals surface area contributed by atoms with Crippen molar-refractivity contribution in [3.05, 3.63) is 0 Å². The second-order valence-electron chi connectivity index (χ2n) is 3.87. The zero-order valence-electron chi connectivity index (χ0n) is 9.68. The minimum atomic E-state index is -1.10. The number of nitrogens with zero attached hydrogens (tertiary/aromatic N) is 1. The van der Waals surface area contributed by atoms with Crippen LogP contribution in [0.25, 0.3) is 0 Å². The van der Waals surface area contributed by atoms with E-state index in [1.807, 2.05) is 6.92 Å². The molecule has 0 radical (unpaired) electrons. The third-order valence-corrected chi connectivity index (χ3v) is 3.74. The molecule has 0 spiro atoms. The summed E-state index contributed by atoms with van der Waals surface area (Å²) in [7, 11) is 0. The van der Waals surface area contributed by atoms with Crippen molar-refractivity contribution in [2.24, 2.45) is 0 Å². The van der Waals surface area contributed by atoms with Gasteiger partial charge in [-0.25, -0.2) is 9.59 Å². The highest BCUT2D eigenvalue weighted by Gasteiger charge is 2.27. The monoisotopic (exact) mass is 256 g/mol. The zero-order chi connectivity index (χ0) is 12.8. The summed E-state index contributed by atoms with van der Waals surface area (Å²) >= 11 is 1.79. The lowest BCUT2D eigenvalue weighted by Crippen LogP contribution is -2.53. The minimum Gasteiger partial charge on any atom is -0.480 e. The van der Waals surface area contributed by atoms with Gasteiger partial charge in [0, 0.05) is 30.5 Å². The van der Waals surface area contributed by atoms with Crippen LogP contribution in [0.2, 0.25) is 0 Å². The number of carbonyl (C=O) groups excluding carboxylic acids is 1. The highest BCUT2D eigenvalue weighted by Crippen LogP contribution is 2.15. The van der Waals surface area contributed by atoms with Crippen LogP contribution >= 0.6 is 11.8 Å². The van der Waals surface area contributed by atoms with Crippen LogP contribution in [0.15, 0.2) is 0 Å². The third-order valence-electron chi connectivity index (χ3n) is 2.55. The molecule has 2 N–H and O–H groups in total. The molecule has 5 nitrogen and oxygen atoms in total. The number of thioether (sulfide) groups is 1. The van der Waals surface area contributed by atoms with Gasteiger partial charge in [0.25, 0.3) is 0 Å². The van der Waals surface area contributed by atoms with Gasteiger partial charge in [0.05, 0.1) is 0 Å². The van der Waals surface area contributed by atoms with E-state index in [1.54, 1.807) is 16.7 Å². The summed E-state index contributed by atoms with van der Waals surface area (Å²) in [5, 5.41) is 11.3. The largest absolute Gasteiger partial charge is 0.480 e. The van der Waals surface area contributed by atoms with Crippen molar-refractivity contribution in [1.82, 2.24) is 10.2 Å². The molecule has 1 fully saturated rings. The van der Waals surface area contributed by atoms with E-state index >= 15 is 0 Å². The van der Waals surface area contributed by atoms with Crippen LogP contribution in [0.1, 0.15) is 13.3 Å². The van der Waals surface area contributed by atoms with Gasteiger partial charge in [-0.05, 0) is 6.92 Å². The number of carboxylic acids is 1. The molecule has 94 valence electrons. The third kappa shape index (κ3) is 3.86. The SMILES string of the molecule is C#CCC(NC(=O)N1CCSCC1C)C(=O)O. The Morgan fingerprint density at radius 1 is 1.71 bits per heavy atom. The number of carboxylic acid groups (broad SMARTS) is 1. The van der Waals surface area contributed by atoms with Gasteiger partial charge in [0.1, 0.15) is 6.04 Å². The molecular weight excluding hydrogens is 240 g/mol. The Balaban J connectivity index is 2.57. The maximum absolute atomic E-state index is 11.9. The quantitative estimate of drug-likeness (QED) is 0.726. The molecule has 1 saturated heterocycles. The predicted octanol–water partition coefficient (Wildman–Crippen LogP) is 0.610. The van der Waals surface area contributed by atoms with Gasteiger partial charge in [-0.3, -0.25) is 0 Å². The van der Waals surface area contributed by atoms with Crippen molar-refractivity contribution in [3.8, 4) is 12.3 Å². The van der Waals surface area contributed by atoms with Gasteiger partial charge >= 0.3 is 12.0 Å². The van der Waals surface area contributed by atoms with Gasteiger partial charge < -0.3 is 15.3 Å². The van der Waals surface area contributed by atoms with Crippen LogP contribution in [-0.4, -0.2) is 52.1 Å². The topological polar surface area (TPSA) is 69.6 Å². The molecule has 0 bridgehead atoms. The zero-order valence-corrected chi connectivity index (χ0v) is 10.5. The second-order valence-corrected chi connectivity index (χ2v) is 5.02. The second kappa shape index (κ2) is 6.40. The van der Waals surface area contributed by atoms with E-state index < -0.39 is 12.0 Å². The van der Waals surface area contributed by atoms with E-state index in [2.05, 4.69) is 11.2 Å². The first-order valence-electron chi connectivity index (χ1n) is 5.37. The van der Waals surface area contributed by atoms with Crippen molar-refractivity contribution in [3.63, 3.8) is 0 Å². The van der Waals surface area contributed by atoms with E-state index in [1.165, 1.54) is 0 Å². The summed E-state index contributed by atoms with van der Waals surface area (Å²) in [6, 6.07) is -1.23. The summed E-state index contributed by atoms with van der Waals surface area (Å²) in [6.45, 7) is 2.59. The van der Waals surface area contributed by atoms with E-state index in [0.717, 1.165) is 11.5 Å². The Morgan fingerprint density at radius 2 is 2.41 bits per heavy atom. The summed E-state index contributed by atoms with van der Waals surface area (Å²) < 4.78 is 0. The van der Waals surface area contributed by atoms with E-state index in [9.17, 15) is 9.59 Å². The molecule has 0 saturated carbocycles. The molecule has 17 heavy (non-hydrogen) atoms. The van der Waals surface area contributed by atoms with Crippen molar-refractivity contribution in [2.45, 2.75) is 25.4 Å². The first-order valence-corrected chi connectivity index (χ1v) is 6.53. The standard InChI is InChI=1S/C11H16N2O3S/c1-3-4-9(10(14)15)12-11(16)13-5-6-17-7-8(13)2/h1,8-9H,4-7H2,2H3,(H,12,16)(H,14,15). The maximum atomic E-state index is 11.9. The van der Waals surface area contributed by atoms with Crippen molar-refractivity contribution >= 4 is 23.8 Å². The van der Waals surface area contributed by atoms with E-state index in [4.69, 9.17) is 11.5 Å². The number of amides is 2. The molecule has 1 aliphatic heterocycles. The van der Waals surface area contributed by atoms with Crippen molar-refractivity contribution < 1.29 is 14.7 Å². The Labute approximate surface area is 105 Å². The van der Waals surface area contributed by atoms with Gasteiger partial charge in [-0.2, -0.15) is 11.8 Å². The van der Waals surface area contributed by atoms with Crippen LogP contribution in [0.5, 0.6) is 0 Å². The molecular formula is C11H16N2O3S. The number of hydrogen-bond acceptors (Lipinski definition) is 3. The molecule has 1 rings (SSSR count). The lowest BCUT2D eigenvalue weighted by atomic mass is 10.2. The molecule has 0 aliphatic carbocycles. The maximum Gasteiger partial charge on any atom is 0.327 e. The first kappa shape index (κ1) is 13.7. The first-order chi connectivity index (χ1) is 8.06. The molecule has 1 aliphatic rings. The fourth-order valence-electron chi connectivity index (χ4n) is 1.58.